The summed E-state index contributed by atoms with van der Waals surface area (Å²) in [7, 11) is 1.82. The molecule has 1 aliphatic rings. The van der Waals surface area contributed by atoms with Gasteiger partial charge in [-0.2, -0.15) is 0 Å². The third-order valence-electron chi connectivity index (χ3n) is 7.01. The Labute approximate surface area is 193 Å². The third-order valence-corrected chi connectivity index (χ3v) is 7.01. The van der Waals surface area contributed by atoms with Gasteiger partial charge in [0.05, 0.1) is 7.11 Å². The molecule has 3 aromatic rings. The third kappa shape index (κ3) is 4.58. The molecule has 0 bridgehead atoms. The average Bonchev–Trinajstić information content (AvgIpc) is 2.88. The Kier molecular flexibility index (Phi) is 6.95. The van der Waals surface area contributed by atoms with E-state index in [4.69, 9.17) is 4.74 Å². The van der Waals surface area contributed by atoms with Crippen LogP contribution in [0.3, 0.4) is 0 Å². The van der Waals surface area contributed by atoms with Crippen molar-refractivity contribution in [3.05, 3.63) is 124 Å². The van der Waals surface area contributed by atoms with Crippen LogP contribution in [0.2, 0.25) is 0 Å². The van der Waals surface area contributed by atoms with Crippen molar-refractivity contribution in [1.29, 1.82) is 0 Å². The minimum atomic E-state index is 0.250. The predicted octanol–water partition coefficient (Wildman–Crippen LogP) is 8.38. The van der Waals surface area contributed by atoms with Gasteiger partial charge in [-0.15, -0.1) is 0 Å². The normalized spacial score (nSPS) is 16.2. The van der Waals surface area contributed by atoms with E-state index in [1.165, 1.54) is 33.4 Å². The fourth-order valence-corrected chi connectivity index (χ4v) is 4.86. The summed E-state index contributed by atoms with van der Waals surface area (Å²) in [6, 6.07) is 26.3. The number of hydrogen-bond donors (Lipinski definition) is 0. The van der Waals surface area contributed by atoms with Crippen LogP contribution in [0.5, 0.6) is 5.75 Å². The first kappa shape index (κ1) is 22.1. The second kappa shape index (κ2) is 10.0. The first-order chi connectivity index (χ1) is 15.6. The highest BCUT2D eigenvalue weighted by Gasteiger charge is 2.24. The SMILES string of the molecule is COc1c(C(C)C2=CC=CCC2)cc(C(C)c2ccccc2)cc1C(C)c1ccccc1. The van der Waals surface area contributed by atoms with Crippen molar-refractivity contribution < 1.29 is 4.74 Å². The van der Waals surface area contributed by atoms with Crippen LogP contribution < -0.4 is 4.74 Å². The lowest BCUT2D eigenvalue weighted by molar-refractivity contribution is 0.401. The van der Waals surface area contributed by atoms with E-state index in [1.807, 2.05) is 7.11 Å². The van der Waals surface area contributed by atoms with E-state index in [0.29, 0.717) is 11.8 Å². The minimum Gasteiger partial charge on any atom is -0.496 e. The summed E-state index contributed by atoms with van der Waals surface area (Å²) in [5.41, 5.74) is 8.06. The molecule has 32 heavy (non-hydrogen) atoms. The molecule has 0 saturated carbocycles. The second-order valence-electron chi connectivity index (χ2n) is 8.93. The van der Waals surface area contributed by atoms with Crippen LogP contribution in [0.1, 0.15) is 79.2 Å². The van der Waals surface area contributed by atoms with Gasteiger partial charge in [0.15, 0.2) is 0 Å². The van der Waals surface area contributed by atoms with Crippen molar-refractivity contribution in [2.45, 2.75) is 51.4 Å². The molecule has 3 aromatic carbocycles. The quantitative estimate of drug-likeness (QED) is 0.371. The van der Waals surface area contributed by atoms with Crippen molar-refractivity contribution in [1.82, 2.24) is 0 Å². The number of ether oxygens (including phenoxy) is 1. The Hall–Kier alpha value is -3.06. The van der Waals surface area contributed by atoms with Crippen molar-refractivity contribution in [3.8, 4) is 5.75 Å². The smallest absolute Gasteiger partial charge is 0.126 e. The van der Waals surface area contributed by atoms with Gasteiger partial charge in [0.2, 0.25) is 0 Å². The standard InChI is InChI=1S/C31H34O/c1-22(25-14-8-5-9-15-25)28-20-29(23(2)26-16-10-6-11-17-26)31(32-4)30(21-28)24(3)27-18-12-7-13-19-27/h5-12,14-18,20-24H,13,19H2,1-4H3. The number of allylic oxidation sites excluding steroid dienone is 4. The minimum absolute atomic E-state index is 0.250. The van der Waals surface area contributed by atoms with Crippen LogP contribution >= 0.6 is 0 Å². The lowest BCUT2D eigenvalue weighted by Gasteiger charge is -2.27. The topological polar surface area (TPSA) is 9.23 Å². The zero-order chi connectivity index (χ0) is 22.5. The Morgan fingerprint density at radius 1 is 0.688 bits per heavy atom. The van der Waals surface area contributed by atoms with Crippen molar-refractivity contribution in [3.63, 3.8) is 0 Å². The van der Waals surface area contributed by atoms with Crippen LogP contribution in [0.25, 0.3) is 0 Å². The number of rotatable bonds is 7. The van der Waals surface area contributed by atoms with Gasteiger partial charge in [0.25, 0.3) is 0 Å². The van der Waals surface area contributed by atoms with E-state index in [2.05, 4.69) is 112 Å². The summed E-state index contributed by atoms with van der Waals surface area (Å²) in [4.78, 5) is 0. The molecular formula is C31H34O. The van der Waals surface area contributed by atoms with Crippen molar-refractivity contribution >= 4 is 0 Å². The summed E-state index contributed by atoms with van der Waals surface area (Å²) in [6.07, 6.45) is 8.98. The van der Waals surface area contributed by atoms with Crippen LogP contribution in [-0.2, 0) is 0 Å². The summed E-state index contributed by atoms with van der Waals surface area (Å²) < 4.78 is 6.13. The fourth-order valence-electron chi connectivity index (χ4n) is 4.86. The summed E-state index contributed by atoms with van der Waals surface area (Å²) in [5.74, 6) is 1.92. The lowest BCUT2D eigenvalue weighted by atomic mass is 9.80. The number of methoxy groups -OCH3 is 1. The zero-order valence-corrected chi connectivity index (χ0v) is 19.7. The van der Waals surface area contributed by atoms with Gasteiger partial charge >= 0.3 is 0 Å². The Balaban J connectivity index is 1.87. The highest BCUT2D eigenvalue weighted by molar-refractivity contribution is 5.54. The number of benzene rings is 3. The molecule has 0 fully saturated rings. The average molecular weight is 423 g/mol. The summed E-state index contributed by atoms with van der Waals surface area (Å²) in [6.45, 7) is 6.93. The van der Waals surface area contributed by atoms with Crippen LogP contribution in [0.15, 0.2) is 96.6 Å². The first-order valence-electron chi connectivity index (χ1n) is 11.8. The molecule has 1 aliphatic carbocycles. The molecule has 1 heteroatoms. The molecule has 0 saturated heterocycles. The molecule has 0 spiro atoms. The maximum atomic E-state index is 6.13. The maximum absolute atomic E-state index is 6.13. The highest BCUT2D eigenvalue weighted by atomic mass is 16.5. The van der Waals surface area contributed by atoms with Gasteiger partial charge in [0, 0.05) is 28.9 Å². The Morgan fingerprint density at radius 3 is 1.78 bits per heavy atom. The van der Waals surface area contributed by atoms with Crippen molar-refractivity contribution in [2.75, 3.05) is 7.11 Å². The van der Waals surface area contributed by atoms with E-state index in [9.17, 15) is 0 Å². The molecule has 164 valence electrons. The Bertz CT molecular complexity index is 1090. The maximum Gasteiger partial charge on any atom is 0.126 e. The van der Waals surface area contributed by atoms with Gasteiger partial charge in [-0.3, -0.25) is 0 Å². The predicted molar refractivity (Wildman–Crippen MR) is 136 cm³/mol. The molecule has 3 unspecified atom stereocenters. The molecule has 0 amide bonds. The van der Waals surface area contributed by atoms with E-state index in [-0.39, 0.29) is 5.92 Å². The van der Waals surface area contributed by atoms with E-state index >= 15 is 0 Å². The fraction of sp³-hybridized carbons (Fsp3) is 0.290. The van der Waals surface area contributed by atoms with Crippen molar-refractivity contribution in [2.24, 2.45) is 0 Å². The lowest BCUT2D eigenvalue weighted by Crippen LogP contribution is -2.10. The van der Waals surface area contributed by atoms with Gasteiger partial charge in [-0.1, -0.05) is 117 Å². The molecular weight excluding hydrogens is 388 g/mol. The molecule has 0 heterocycles. The first-order valence-corrected chi connectivity index (χ1v) is 11.8. The number of hydrogen-bond acceptors (Lipinski definition) is 1. The Morgan fingerprint density at radius 2 is 1.25 bits per heavy atom. The zero-order valence-electron chi connectivity index (χ0n) is 19.7. The van der Waals surface area contributed by atoms with Gasteiger partial charge < -0.3 is 4.74 Å². The molecule has 1 nitrogen and oxygen atoms in total. The summed E-state index contributed by atoms with van der Waals surface area (Å²) in [5, 5.41) is 0. The molecule has 0 aliphatic heterocycles. The van der Waals surface area contributed by atoms with E-state index < -0.39 is 0 Å². The largest absolute Gasteiger partial charge is 0.496 e. The summed E-state index contributed by atoms with van der Waals surface area (Å²) >= 11 is 0. The van der Waals surface area contributed by atoms with Gasteiger partial charge in [-0.05, 0) is 29.5 Å². The van der Waals surface area contributed by atoms with E-state index in [1.54, 1.807) is 0 Å². The van der Waals surface area contributed by atoms with Gasteiger partial charge in [-0.25, -0.2) is 0 Å². The van der Waals surface area contributed by atoms with Gasteiger partial charge in [0.1, 0.15) is 5.75 Å². The van der Waals surface area contributed by atoms with Crippen LogP contribution in [0, 0.1) is 0 Å². The molecule has 0 radical (unpaired) electrons. The van der Waals surface area contributed by atoms with Crippen LogP contribution in [-0.4, -0.2) is 7.11 Å². The van der Waals surface area contributed by atoms with Crippen LogP contribution in [0.4, 0.5) is 0 Å². The molecule has 3 atom stereocenters. The monoisotopic (exact) mass is 422 g/mol. The molecule has 0 aromatic heterocycles. The second-order valence-corrected chi connectivity index (χ2v) is 8.93. The van der Waals surface area contributed by atoms with E-state index in [0.717, 1.165) is 18.6 Å². The highest BCUT2D eigenvalue weighted by Crippen LogP contribution is 2.43. The molecule has 0 N–H and O–H groups in total. The molecule has 4 rings (SSSR count).